The number of benzene rings is 8. The van der Waals surface area contributed by atoms with E-state index in [0.29, 0.717) is 0 Å². The molecule has 1 aliphatic rings. The fourth-order valence-electron chi connectivity index (χ4n) is 14.2. The molecule has 3 heterocycles. The van der Waals surface area contributed by atoms with Gasteiger partial charge in [0.1, 0.15) is 0 Å². The quantitative estimate of drug-likeness (QED) is 0.112. The largest absolute Gasteiger partial charge is 0.494 e. The SMILES string of the molecule is CC(C)(C)c1cc(-c2cc(-c3cc(C(C)(C)C)cc(C(C)(C)C)c3)nc(Cl)n2)cc(C(C)(C)C)c1.CC(C)(C)c1cc(-c2cccc(-c3nc(-c4cc(C(C)(C)C)cc(C(C)(C)C)c4)cc(-c4cc(C(C)(C)C)cc(C(C)(C)C)c4)n3)c2)cc(C(C)(C)C)c1.CC(C)(C)c1cc(-c2cccc(B3OC(C)(C)C(C)(C)O3)c2)cc(C(C)(C)C)c1. The highest BCUT2D eigenvalue weighted by Crippen LogP contribution is 2.45. The first-order chi connectivity index (χ1) is 53.3. The van der Waals surface area contributed by atoms with Gasteiger partial charge in [0.15, 0.2) is 5.82 Å². The summed E-state index contributed by atoms with van der Waals surface area (Å²) < 4.78 is 12.5. The van der Waals surface area contributed by atoms with Crippen LogP contribution < -0.4 is 5.46 Å². The van der Waals surface area contributed by atoms with Crippen LogP contribution in [0.4, 0.5) is 0 Å². The highest BCUT2D eigenvalue weighted by Gasteiger charge is 2.52. The molecule has 1 saturated heterocycles. The Labute approximate surface area is 722 Å². The van der Waals surface area contributed by atoms with Crippen LogP contribution >= 0.6 is 11.6 Å². The summed E-state index contributed by atoms with van der Waals surface area (Å²) in [5.41, 5.74) is 30.4. The van der Waals surface area contributed by atoms with Gasteiger partial charge in [0, 0.05) is 27.8 Å². The van der Waals surface area contributed by atoms with E-state index in [0.717, 1.165) is 61.9 Å². The first-order valence-corrected chi connectivity index (χ1v) is 43.7. The van der Waals surface area contributed by atoms with Crippen molar-refractivity contribution in [3.63, 3.8) is 0 Å². The summed E-state index contributed by atoms with van der Waals surface area (Å²) in [6.45, 7) is 90.5. The summed E-state index contributed by atoms with van der Waals surface area (Å²) in [5.74, 6) is 0.740. The van der Waals surface area contributed by atoms with Gasteiger partial charge in [0.25, 0.3) is 0 Å². The maximum Gasteiger partial charge on any atom is 0.494 e. The van der Waals surface area contributed by atoms with Gasteiger partial charge in [-0.3, -0.25) is 0 Å². The monoisotopic (exact) mass is 1600 g/mol. The Hall–Kier alpha value is -7.81. The molecule has 10 aromatic rings. The first kappa shape index (κ1) is 94.1. The Kier molecular flexibility index (Phi) is 26.2. The lowest BCUT2D eigenvalue weighted by Gasteiger charge is -2.32. The smallest absolute Gasteiger partial charge is 0.399 e. The van der Waals surface area contributed by atoms with Crippen LogP contribution in [-0.4, -0.2) is 38.3 Å². The second kappa shape index (κ2) is 32.9. The average Bonchev–Trinajstić information content (AvgIpc) is 1.60. The second-order valence-electron chi connectivity index (χ2n) is 47.5. The van der Waals surface area contributed by atoms with Crippen molar-refractivity contribution in [3.05, 3.63) is 242 Å². The second-order valence-corrected chi connectivity index (χ2v) is 47.8. The molecule has 0 unspecified atom stereocenters. The van der Waals surface area contributed by atoms with Gasteiger partial charge in [-0.25, -0.2) is 19.9 Å². The normalized spacial score (nSPS) is 14.7. The Morgan fingerprint density at radius 1 is 0.220 bits per heavy atom. The lowest BCUT2D eigenvalue weighted by molar-refractivity contribution is 0.00578. The molecule has 0 saturated carbocycles. The molecule has 6 nitrogen and oxygen atoms in total. The standard InChI is InChI=1S/C52H68N2.C32H43ClN2.C26H37BO2/c1-47(2,3)38-23-35(24-39(29-38)48(4,5)6)33-20-19-21-34(22-33)46-53-44(36-25-40(49(7,8)9)30-41(26-36)50(10,11)12)32-45(54-46)37-27-42(51(13,14)15)31-43(28-37)52(16,17)18;1-29(2,3)22-13-20(14-23(17-22)30(4,5)6)26-19-27(35-28(33)34-26)21-15-24(31(7,8)9)18-25(16-21)32(10,11)12;1-23(2,3)20-14-19(15-21(17-20)24(4,5)6)18-12-11-13-22(16-18)27-28-25(7,8)26(9,10)29-27/h19-32H,1-18H3;13-19H,1-12H3;11-17H,1-10H3. The van der Waals surface area contributed by atoms with Crippen molar-refractivity contribution in [2.75, 3.05) is 0 Å². The van der Waals surface area contributed by atoms with Crippen molar-refractivity contribution in [3.8, 4) is 78.7 Å². The van der Waals surface area contributed by atoms with Crippen molar-refractivity contribution in [1.29, 1.82) is 0 Å². The average molecular weight is 1600 g/mol. The third-order valence-corrected chi connectivity index (χ3v) is 24.0. The molecule has 1 aliphatic heterocycles. The predicted octanol–water partition coefficient (Wildman–Crippen LogP) is 30.8. The minimum atomic E-state index is -0.340. The zero-order chi connectivity index (χ0) is 88.8. The highest BCUT2D eigenvalue weighted by atomic mass is 35.5. The minimum Gasteiger partial charge on any atom is -0.399 e. The van der Waals surface area contributed by atoms with Crippen molar-refractivity contribution in [1.82, 2.24) is 19.9 Å². The van der Waals surface area contributed by atoms with Gasteiger partial charge in [0.2, 0.25) is 5.28 Å². The maximum absolute atomic E-state index is 6.55. The number of hydrogen-bond donors (Lipinski definition) is 0. The van der Waals surface area contributed by atoms with Gasteiger partial charge in [-0.15, -0.1) is 0 Å². The van der Waals surface area contributed by atoms with Gasteiger partial charge in [-0.05, 0) is 265 Å². The maximum atomic E-state index is 6.55. The van der Waals surface area contributed by atoms with E-state index in [1.165, 1.54) is 89.0 Å². The molecular weight excluding hydrogens is 1460 g/mol. The minimum absolute atomic E-state index is 0.0147. The van der Waals surface area contributed by atoms with Crippen LogP contribution in [0.15, 0.2) is 170 Å². The molecule has 118 heavy (non-hydrogen) atoms. The van der Waals surface area contributed by atoms with Gasteiger partial charge >= 0.3 is 7.12 Å². The highest BCUT2D eigenvalue weighted by molar-refractivity contribution is 6.62. The van der Waals surface area contributed by atoms with Crippen LogP contribution in [0.1, 0.15) is 344 Å². The summed E-state index contributed by atoms with van der Waals surface area (Å²) in [6, 6.07) is 63.8. The molecule has 0 amide bonds. The zero-order valence-electron chi connectivity index (χ0n) is 80.7. The van der Waals surface area contributed by atoms with Gasteiger partial charge in [-0.1, -0.05) is 352 Å². The molecule has 0 spiro atoms. The van der Waals surface area contributed by atoms with Crippen LogP contribution in [0, 0.1) is 0 Å². The first-order valence-electron chi connectivity index (χ1n) is 43.3. The number of halogens is 1. The lowest BCUT2D eigenvalue weighted by Crippen LogP contribution is -2.41. The van der Waals surface area contributed by atoms with E-state index >= 15 is 0 Å². The van der Waals surface area contributed by atoms with Crippen LogP contribution in [-0.2, 0) is 74.3 Å². The lowest BCUT2D eigenvalue weighted by atomic mass is 9.76. The van der Waals surface area contributed by atoms with E-state index in [4.69, 9.17) is 30.9 Å². The van der Waals surface area contributed by atoms with E-state index in [1.54, 1.807) is 0 Å². The van der Waals surface area contributed by atoms with E-state index in [1.807, 2.05) is 0 Å². The number of nitrogens with zero attached hydrogens (tertiary/aromatic N) is 4. The van der Waals surface area contributed by atoms with Crippen LogP contribution in [0.5, 0.6) is 0 Å². The van der Waals surface area contributed by atoms with Crippen molar-refractivity contribution in [2.45, 2.75) is 353 Å². The molecule has 11 rings (SSSR count). The predicted molar refractivity (Wildman–Crippen MR) is 514 cm³/mol. The van der Waals surface area contributed by atoms with E-state index in [-0.39, 0.29) is 88.6 Å². The summed E-state index contributed by atoms with van der Waals surface area (Å²) in [7, 11) is -0.340. The Morgan fingerprint density at radius 2 is 0.415 bits per heavy atom. The molecule has 8 aromatic carbocycles. The zero-order valence-corrected chi connectivity index (χ0v) is 81.5. The molecule has 1 fully saturated rings. The summed E-state index contributed by atoms with van der Waals surface area (Å²) in [4.78, 5) is 20.2. The molecule has 630 valence electrons. The molecule has 0 bridgehead atoms. The third kappa shape index (κ3) is 23.3. The summed E-state index contributed by atoms with van der Waals surface area (Å²) >= 11 is 6.55. The van der Waals surface area contributed by atoms with E-state index < -0.39 is 0 Å². The topological polar surface area (TPSA) is 70.0 Å². The molecular formula is C110H148BClN4O2. The fourth-order valence-corrected chi connectivity index (χ4v) is 14.3. The van der Waals surface area contributed by atoms with Crippen molar-refractivity contribution >= 4 is 24.2 Å². The molecule has 8 heteroatoms. The molecule has 0 N–H and O–H groups in total. The number of hydrogen-bond acceptors (Lipinski definition) is 6. The molecule has 0 aliphatic carbocycles. The molecule has 0 atom stereocenters. The Bertz CT molecular complexity index is 4890. The van der Waals surface area contributed by atoms with Crippen molar-refractivity contribution in [2.24, 2.45) is 0 Å². The molecule has 0 radical (unpaired) electrons. The summed E-state index contributed by atoms with van der Waals surface area (Å²) in [6.07, 6.45) is 0. The van der Waals surface area contributed by atoms with E-state index in [2.05, 4.69) is 457 Å². The number of aromatic nitrogens is 4. The fraction of sp³-hybridized carbons (Fsp3) is 0.491. The van der Waals surface area contributed by atoms with E-state index in [9.17, 15) is 0 Å². The van der Waals surface area contributed by atoms with Crippen molar-refractivity contribution < 1.29 is 9.31 Å². The van der Waals surface area contributed by atoms with Crippen LogP contribution in [0.25, 0.3) is 78.7 Å². The summed E-state index contributed by atoms with van der Waals surface area (Å²) in [5, 5.41) is 0.273. The third-order valence-electron chi connectivity index (χ3n) is 23.8. The van der Waals surface area contributed by atoms with Crippen LogP contribution in [0.2, 0.25) is 5.28 Å². The Balaban J connectivity index is 0.000000214. The van der Waals surface area contributed by atoms with Gasteiger partial charge < -0.3 is 9.31 Å². The van der Waals surface area contributed by atoms with Crippen LogP contribution in [0.3, 0.4) is 0 Å². The van der Waals surface area contributed by atoms with Gasteiger partial charge in [-0.2, -0.15) is 0 Å². The number of rotatable bonds is 8. The van der Waals surface area contributed by atoms with Gasteiger partial charge in [0.05, 0.1) is 34.0 Å². The molecule has 2 aromatic heterocycles. The Morgan fingerprint density at radius 3 is 0.644 bits per heavy atom.